The molecular weight excluding hydrogens is 1290 g/mol. The van der Waals surface area contributed by atoms with Gasteiger partial charge in [-0.05, 0) is 255 Å². The molecule has 6 atom stereocenters. The van der Waals surface area contributed by atoms with Gasteiger partial charge in [-0.25, -0.2) is 0 Å². The van der Waals surface area contributed by atoms with E-state index >= 15 is 0 Å². The molecular formula is C86H148N2O10S2. The quantitative estimate of drug-likeness (QED) is 0.0269. The Labute approximate surface area is 620 Å². The first-order chi connectivity index (χ1) is 47.4. The molecule has 2 aromatic carbocycles. The summed E-state index contributed by atoms with van der Waals surface area (Å²) in [6, 6.07) is 0.900. The average Bonchev–Trinajstić information content (AvgIpc) is 0.767. The fourth-order valence-corrected chi connectivity index (χ4v) is 17.0. The number of unbranched alkanes of at least 4 members (excludes halogenated alkanes) is 4. The molecule has 2 heterocycles. The second kappa shape index (κ2) is 47.2. The number of esters is 4. The number of ether oxygens (including phenoxy) is 6. The number of hydrogen-bond donors (Lipinski definition) is 0. The number of benzene rings is 2. The standard InChI is InChI=1S/C86H148N2O10S2/c1-61(2)33-27-35-65(9)37-29-39-67(11)41-31-49-85(19)51-47-75-73(17)81(69(13)71(15)83(75)97-85)95-79(91)45-43-77(89)93-57-25-21-23-53-87(63(5)6)55-59-99-100-60-56-88(64(7)8)54-24-22-26-58-94-78(90)44-46-80(92)96-82-70(14)72(16)84-76(74(82)18)48-52-86(20,98-84)50-32-42-68(12)40-30-38-66(10)36-28-34-62(3)4/h61-68H,21-60H2,1-20H3. The van der Waals surface area contributed by atoms with Gasteiger partial charge >= 0.3 is 23.9 Å². The third-order valence-electron chi connectivity index (χ3n) is 22.3. The molecule has 2 aromatic rings. The highest BCUT2D eigenvalue weighted by molar-refractivity contribution is 8.76. The lowest BCUT2D eigenvalue weighted by atomic mass is 9.83. The first-order valence-corrected chi connectivity index (χ1v) is 43.0. The minimum Gasteiger partial charge on any atom is -0.487 e. The number of nitrogens with zero attached hydrogens (tertiary/aromatic N) is 2. The topological polar surface area (TPSA) is 130 Å². The summed E-state index contributed by atoms with van der Waals surface area (Å²) in [5, 5.41) is 0. The molecule has 0 bridgehead atoms. The van der Waals surface area contributed by atoms with E-state index in [9.17, 15) is 19.2 Å². The second-order valence-corrected chi connectivity index (χ2v) is 36.0. The lowest BCUT2D eigenvalue weighted by Crippen LogP contribution is -2.37. The predicted octanol–water partition coefficient (Wildman–Crippen LogP) is 22.9. The average molecular weight is 1430 g/mol. The zero-order valence-corrected chi connectivity index (χ0v) is 69.3. The zero-order valence-electron chi connectivity index (χ0n) is 67.7. The van der Waals surface area contributed by atoms with Crippen LogP contribution in [0.2, 0.25) is 0 Å². The van der Waals surface area contributed by atoms with E-state index in [1.807, 2.05) is 49.3 Å². The molecule has 0 N–H and O–H groups in total. The Morgan fingerprint density at radius 2 is 0.710 bits per heavy atom. The number of rotatable bonds is 53. The highest BCUT2D eigenvalue weighted by atomic mass is 33.1. The lowest BCUT2D eigenvalue weighted by Gasteiger charge is -2.38. The van der Waals surface area contributed by atoms with Crippen molar-refractivity contribution in [2.45, 2.75) is 367 Å². The minimum absolute atomic E-state index is 0.00228. The van der Waals surface area contributed by atoms with Gasteiger partial charge in [-0.1, -0.05) is 167 Å². The van der Waals surface area contributed by atoms with Crippen LogP contribution in [0.25, 0.3) is 0 Å². The molecule has 4 rings (SSSR count). The van der Waals surface area contributed by atoms with Crippen molar-refractivity contribution in [2.24, 2.45) is 35.5 Å². The van der Waals surface area contributed by atoms with E-state index in [4.69, 9.17) is 28.4 Å². The maximum absolute atomic E-state index is 13.2. The molecule has 14 heteroatoms. The summed E-state index contributed by atoms with van der Waals surface area (Å²) in [7, 11) is 3.90. The molecule has 574 valence electrons. The molecule has 0 aromatic heterocycles. The van der Waals surface area contributed by atoms with Gasteiger partial charge < -0.3 is 38.2 Å². The van der Waals surface area contributed by atoms with Crippen LogP contribution in [0, 0.1) is 77.0 Å². The summed E-state index contributed by atoms with van der Waals surface area (Å²) >= 11 is 0. The Kier molecular flexibility index (Phi) is 42.0. The predicted molar refractivity (Wildman–Crippen MR) is 423 cm³/mol. The van der Waals surface area contributed by atoms with E-state index in [1.165, 1.54) is 103 Å². The molecule has 12 nitrogen and oxygen atoms in total. The molecule has 0 amide bonds. The SMILES string of the molecule is Cc1c(C)c2c(c(C)c1OC(=O)CCC(=O)OCCCCCN(CCSSCCN(CCCCCOC(=O)CCC(=O)Oc1c(C)c(C)c3c(c1C)CCC(C)(CCCC(C)CCCC(C)CCCC(C)C)O3)C(C)C)C(C)C)CCC(C)(CCCC(C)CCCC(C)CCCC(C)C)O2. The largest absolute Gasteiger partial charge is 0.487 e. The van der Waals surface area contributed by atoms with Crippen molar-refractivity contribution in [1.29, 1.82) is 0 Å². The van der Waals surface area contributed by atoms with Crippen molar-refractivity contribution in [3.05, 3.63) is 44.5 Å². The summed E-state index contributed by atoms with van der Waals surface area (Å²) in [5.41, 5.74) is 7.67. The van der Waals surface area contributed by atoms with Crippen LogP contribution in [0.5, 0.6) is 23.0 Å². The number of hydrogen-bond acceptors (Lipinski definition) is 14. The summed E-state index contributed by atoms with van der Waals surface area (Å²) in [6.07, 6.45) is 32.2. The summed E-state index contributed by atoms with van der Waals surface area (Å²) in [5.74, 6) is 8.43. The Hall–Kier alpha value is -3.46. The van der Waals surface area contributed by atoms with E-state index in [0.717, 1.165) is 206 Å². The maximum Gasteiger partial charge on any atom is 0.311 e. The molecule has 100 heavy (non-hydrogen) atoms. The highest BCUT2D eigenvalue weighted by Crippen LogP contribution is 2.47. The molecule has 2 aliphatic rings. The van der Waals surface area contributed by atoms with Gasteiger partial charge in [-0.3, -0.25) is 19.2 Å². The van der Waals surface area contributed by atoms with Gasteiger partial charge in [0.05, 0.1) is 38.9 Å². The van der Waals surface area contributed by atoms with Crippen LogP contribution in [0.3, 0.4) is 0 Å². The van der Waals surface area contributed by atoms with Gasteiger partial charge in [0.25, 0.3) is 0 Å². The maximum atomic E-state index is 13.2. The Bertz CT molecular complexity index is 2550. The third-order valence-corrected chi connectivity index (χ3v) is 24.7. The number of carbonyl (C=O) groups is 4. The van der Waals surface area contributed by atoms with Crippen molar-refractivity contribution in [3.8, 4) is 23.0 Å². The van der Waals surface area contributed by atoms with Crippen LogP contribution in [-0.2, 0) is 41.5 Å². The van der Waals surface area contributed by atoms with Crippen LogP contribution < -0.4 is 18.9 Å². The van der Waals surface area contributed by atoms with Crippen LogP contribution in [0.1, 0.15) is 334 Å². The normalized spacial score (nSPS) is 17.3. The summed E-state index contributed by atoms with van der Waals surface area (Å²) in [4.78, 5) is 56.9. The van der Waals surface area contributed by atoms with Gasteiger partial charge in [0, 0.05) is 47.8 Å². The monoisotopic (exact) mass is 1430 g/mol. The third kappa shape index (κ3) is 33.3. The Morgan fingerprint density at radius 1 is 0.390 bits per heavy atom. The van der Waals surface area contributed by atoms with E-state index in [0.29, 0.717) is 36.8 Å². The first kappa shape index (κ1) is 88.9. The van der Waals surface area contributed by atoms with E-state index in [-0.39, 0.29) is 48.8 Å². The van der Waals surface area contributed by atoms with Crippen LogP contribution in [0.4, 0.5) is 0 Å². The van der Waals surface area contributed by atoms with Crippen LogP contribution in [0.15, 0.2) is 0 Å². The first-order valence-electron chi connectivity index (χ1n) is 40.5. The van der Waals surface area contributed by atoms with Crippen molar-refractivity contribution in [1.82, 2.24) is 9.80 Å². The van der Waals surface area contributed by atoms with Crippen molar-refractivity contribution < 1.29 is 47.6 Å². The van der Waals surface area contributed by atoms with Gasteiger partial charge in [0.1, 0.15) is 34.2 Å². The Morgan fingerprint density at radius 3 is 1.04 bits per heavy atom. The van der Waals surface area contributed by atoms with E-state index in [1.54, 1.807) is 0 Å². The van der Waals surface area contributed by atoms with Crippen molar-refractivity contribution in [3.63, 3.8) is 0 Å². The molecule has 0 fully saturated rings. The van der Waals surface area contributed by atoms with E-state index < -0.39 is 11.9 Å². The lowest BCUT2D eigenvalue weighted by molar-refractivity contribution is -0.147. The fraction of sp³-hybridized carbons (Fsp3) is 0.814. The fourth-order valence-electron chi connectivity index (χ4n) is 15.0. The smallest absolute Gasteiger partial charge is 0.311 e. The molecule has 2 aliphatic heterocycles. The number of carbonyl (C=O) groups excluding carboxylic acids is 4. The van der Waals surface area contributed by atoms with Gasteiger partial charge in [0.2, 0.25) is 0 Å². The van der Waals surface area contributed by atoms with Gasteiger partial charge in [-0.15, -0.1) is 0 Å². The molecule has 0 radical (unpaired) electrons. The van der Waals surface area contributed by atoms with Gasteiger partial charge in [0.15, 0.2) is 0 Å². The summed E-state index contributed by atoms with van der Waals surface area (Å²) < 4.78 is 36.9. The number of fused-ring (bicyclic) bond motifs is 2. The van der Waals surface area contributed by atoms with Crippen molar-refractivity contribution in [2.75, 3.05) is 50.9 Å². The van der Waals surface area contributed by atoms with Crippen molar-refractivity contribution >= 4 is 45.5 Å². The van der Waals surface area contributed by atoms with Gasteiger partial charge in [-0.2, -0.15) is 0 Å². The second-order valence-electron chi connectivity index (χ2n) is 33.3. The molecule has 0 aliphatic carbocycles. The molecule has 6 unspecified atom stereocenters. The highest BCUT2D eigenvalue weighted by Gasteiger charge is 2.37. The van der Waals surface area contributed by atoms with Crippen LogP contribution >= 0.6 is 21.6 Å². The van der Waals surface area contributed by atoms with Crippen LogP contribution in [-0.4, -0.2) is 108 Å². The zero-order chi connectivity index (χ0) is 74.0. The molecule has 0 saturated carbocycles. The summed E-state index contributed by atoms with van der Waals surface area (Å²) in [6.45, 7) is 49.6. The van der Waals surface area contributed by atoms with E-state index in [2.05, 4.69) is 121 Å². The molecule has 0 saturated heterocycles. The Balaban J connectivity index is 1.01. The minimum atomic E-state index is -0.414. The molecule has 0 spiro atoms.